The molecule has 0 N–H and O–H groups in total. The van der Waals surface area contributed by atoms with E-state index in [4.69, 9.17) is 4.74 Å². The van der Waals surface area contributed by atoms with Gasteiger partial charge in [0.2, 0.25) is 0 Å². The maximum Gasteiger partial charge on any atom is 0.311 e. The molecule has 0 aromatic carbocycles. The Bertz CT molecular complexity index is 506. The fourth-order valence-corrected chi connectivity index (χ4v) is 6.27. The topological polar surface area (TPSA) is 26.3 Å². The summed E-state index contributed by atoms with van der Waals surface area (Å²) in [6.45, 7) is 9.38. The zero-order valence-corrected chi connectivity index (χ0v) is 15.7. The van der Waals surface area contributed by atoms with Gasteiger partial charge in [-0.2, -0.15) is 0 Å². The van der Waals surface area contributed by atoms with E-state index in [1.807, 2.05) is 0 Å². The smallest absolute Gasteiger partial charge is 0.311 e. The van der Waals surface area contributed by atoms with Crippen molar-refractivity contribution in [2.45, 2.75) is 72.6 Å². The average molecular weight is 319 g/mol. The molecule has 0 spiro atoms. The minimum atomic E-state index is -0.293. The second kappa shape index (κ2) is 5.93. The zero-order valence-electron chi connectivity index (χ0n) is 15.7. The van der Waals surface area contributed by atoms with E-state index in [0.29, 0.717) is 11.8 Å². The Morgan fingerprint density at radius 1 is 1.26 bits per heavy atom. The standard InChI is InChI=1S/C21H34O2/c1-14(2)15-7-9-17-16(13-15)8-10-18-20(17,3)11-6-12-21(18,4)19(22)23-5/h8,14-15,17-18H,6-7,9-13H2,1-5H3. The van der Waals surface area contributed by atoms with Gasteiger partial charge in [-0.1, -0.05) is 38.8 Å². The molecule has 0 saturated heterocycles. The highest BCUT2D eigenvalue weighted by Crippen LogP contribution is 2.63. The molecule has 130 valence electrons. The van der Waals surface area contributed by atoms with Gasteiger partial charge in [-0.3, -0.25) is 4.79 Å². The lowest BCUT2D eigenvalue weighted by Gasteiger charge is -2.58. The molecule has 0 aromatic heterocycles. The monoisotopic (exact) mass is 318 g/mol. The van der Waals surface area contributed by atoms with Crippen LogP contribution in [0, 0.1) is 34.5 Å². The molecular formula is C21H34O2. The van der Waals surface area contributed by atoms with Gasteiger partial charge in [-0.25, -0.2) is 0 Å². The number of hydrogen-bond donors (Lipinski definition) is 0. The number of esters is 1. The Labute approximate surface area is 142 Å². The first-order valence-corrected chi connectivity index (χ1v) is 9.60. The minimum Gasteiger partial charge on any atom is -0.469 e. The van der Waals surface area contributed by atoms with Crippen LogP contribution in [-0.4, -0.2) is 13.1 Å². The first-order chi connectivity index (χ1) is 10.8. The van der Waals surface area contributed by atoms with Crippen molar-refractivity contribution in [3.8, 4) is 0 Å². The molecule has 0 aliphatic heterocycles. The van der Waals surface area contributed by atoms with Gasteiger partial charge in [0.1, 0.15) is 0 Å². The molecule has 2 fully saturated rings. The quantitative estimate of drug-likeness (QED) is 0.505. The number of methoxy groups -OCH3 is 1. The van der Waals surface area contributed by atoms with Crippen molar-refractivity contribution in [3.05, 3.63) is 11.6 Å². The highest BCUT2D eigenvalue weighted by Gasteiger charge is 2.57. The first kappa shape index (κ1) is 17.0. The number of ether oxygens (including phenoxy) is 1. The molecule has 23 heavy (non-hydrogen) atoms. The molecule has 3 aliphatic carbocycles. The Morgan fingerprint density at radius 3 is 2.65 bits per heavy atom. The first-order valence-electron chi connectivity index (χ1n) is 9.60. The predicted octanol–water partition coefficient (Wildman–Crippen LogP) is 5.37. The molecule has 3 aliphatic rings. The average Bonchev–Trinajstić information content (AvgIpc) is 2.53. The van der Waals surface area contributed by atoms with Gasteiger partial charge in [-0.05, 0) is 74.5 Å². The maximum absolute atomic E-state index is 12.5. The van der Waals surface area contributed by atoms with Gasteiger partial charge in [-0.15, -0.1) is 0 Å². The molecular weight excluding hydrogens is 284 g/mol. The molecule has 5 atom stereocenters. The van der Waals surface area contributed by atoms with Crippen LogP contribution in [0.1, 0.15) is 72.6 Å². The summed E-state index contributed by atoms with van der Waals surface area (Å²) in [4.78, 5) is 12.5. The third kappa shape index (κ3) is 2.57. The van der Waals surface area contributed by atoms with Crippen molar-refractivity contribution in [1.82, 2.24) is 0 Å². The Hall–Kier alpha value is -0.790. The molecule has 0 aromatic rings. The summed E-state index contributed by atoms with van der Waals surface area (Å²) in [6, 6.07) is 0. The van der Waals surface area contributed by atoms with Crippen LogP contribution in [0.3, 0.4) is 0 Å². The normalized spacial score (nSPS) is 43.4. The van der Waals surface area contributed by atoms with Crippen molar-refractivity contribution in [2.24, 2.45) is 34.5 Å². The summed E-state index contributed by atoms with van der Waals surface area (Å²) in [5.74, 6) is 2.80. The Kier molecular flexibility index (Phi) is 4.40. The minimum absolute atomic E-state index is 0.0149. The highest BCUT2D eigenvalue weighted by molar-refractivity contribution is 5.77. The van der Waals surface area contributed by atoms with Crippen LogP contribution in [0.2, 0.25) is 0 Å². The molecule has 0 amide bonds. The predicted molar refractivity (Wildman–Crippen MR) is 93.9 cm³/mol. The molecule has 2 nitrogen and oxygen atoms in total. The number of allylic oxidation sites excluding steroid dienone is 2. The van der Waals surface area contributed by atoms with Gasteiger partial charge in [0.25, 0.3) is 0 Å². The van der Waals surface area contributed by atoms with Crippen LogP contribution in [0.4, 0.5) is 0 Å². The summed E-state index contributed by atoms with van der Waals surface area (Å²) in [6.07, 6.45) is 11.0. The number of carbonyl (C=O) groups excluding carboxylic acids is 1. The highest BCUT2D eigenvalue weighted by atomic mass is 16.5. The van der Waals surface area contributed by atoms with Gasteiger partial charge in [0.15, 0.2) is 0 Å². The molecule has 5 unspecified atom stereocenters. The van der Waals surface area contributed by atoms with E-state index in [2.05, 4.69) is 33.8 Å². The second-order valence-electron chi connectivity index (χ2n) is 9.17. The van der Waals surface area contributed by atoms with Gasteiger partial charge >= 0.3 is 5.97 Å². The van der Waals surface area contributed by atoms with E-state index in [1.165, 1.54) is 25.7 Å². The summed E-state index contributed by atoms with van der Waals surface area (Å²) in [5.41, 5.74) is 1.70. The Balaban J connectivity index is 1.92. The SMILES string of the molecule is COC(=O)C1(C)CCCC2(C)C3CCC(C(C)C)CC3=CCC12. The van der Waals surface area contributed by atoms with E-state index in [0.717, 1.165) is 31.1 Å². The molecule has 0 radical (unpaired) electrons. The molecule has 3 rings (SSSR count). The number of fused-ring (bicyclic) bond motifs is 3. The lowest BCUT2D eigenvalue weighted by molar-refractivity contribution is -0.166. The van der Waals surface area contributed by atoms with Crippen molar-refractivity contribution in [2.75, 3.05) is 7.11 Å². The van der Waals surface area contributed by atoms with Crippen LogP contribution in [0.5, 0.6) is 0 Å². The number of hydrogen-bond acceptors (Lipinski definition) is 2. The zero-order chi connectivity index (χ0) is 16.8. The Morgan fingerprint density at radius 2 is 2.00 bits per heavy atom. The lowest BCUT2D eigenvalue weighted by Crippen LogP contribution is -2.53. The molecule has 0 heterocycles. The van der Waals surface area contributed by atoms with Crippen LogP contribution in [0.15, 0.2) is 11.6 Å². The van der Waals surface area contributed by atoms with Crippen molar-refractivity contribution >= 4 is 5.97 Å². The van der Waals surface area contributed by atoms with E-state index in [9.17, 15) is 4.79 Å². The third-order valence-electron chi connectivity index (χ3n) is 7.75. The summed E-state index contributed by atoms with van der Waals surface area (Å²) in [5, 5.41) is 0. The second-order valence-corrected chi connectivity index (χ2v) is 9.17. The third-order valence-corrected chi connectivity index (χ3v) is 7.75. The summed E-state index contributed by atoms with van der Waals surface area (Å²) in [7, 11) is 1.55. The number of rotatable bonds is 2. The van der Waals surface area contributed by atoms with E-state index in [1.54, 1.807) is 12.7 Å². The maximum atomic E-state index is 12.5. The fourth-order valence-electron chi connectivity index (χ4n) is 6.27. The lowest BCUT2D eigenvalue weighted by atomic mass is 9.46. The number of carbonyl (C=O) groups is 1. The van der Waals surface area contributed by atoms with E-state index >= 15 is 0 Å². The van der Waals surface area contributed by atoms with Gasteiger partial charge in [0, 0.05) is 0 Å². The van der Waals surface area contributed by atoms with Crippen LogP contribution in [0.25, 0.3) is 0 Å². The summed E-state index contributed by atoms with van der Waals surface area (Å²) >= 11 is 0. The van der Waals surface area contributed by atoms with Crippen LogP contribution < -0.4 is 0 Å². The van der Waals surface area contributed by atoms with E-state index < -0.39 is 0 Å². The fraction of sp³-hybridized carbons (Fsp3) is 0.857. The molecule has 0 bridgehead atoms. The van der Waals surface area contributed by atoms with E-state index in [-0.39, 0.29) is 16.8 Å². The summed E-state index contributed by atoms with van der Waals surface area (Å²) < 4.78 is 5.21. The van der Waals surface area contributed by atoms with Gasteiger partial charge < -0.3 is 4.74 Å². The molecule has 2 saturated carbocycles. The van der Waals surface area contributed by atoms with Crippen LogP contribution >= 0.6 is 0 Å². The van der Waals surface area contributed by atoms with Crippen molar-refractivity contribution in [1.29, 1.82) is 0 Å². The largest absolute Gasteiger partial charge is 0.469 e. The van der Waals surface area contributed by atoms with Crippen molar-refractivity contribution < 1.29 is 9.53 Å². The van der Waals surface area contributed by atoms with Gasteiger partial charge in [0.05, 0.1) is 12.5 Å². The van der Waals surface area contributed by atoms with Crippen molar-refractivity contribution in [3.63, 3.8) is 0 Å². The molecule has 2 heteroatoms. The van der Waals surface area contributed by atoms with Crippen LogP contribution in [-0.2, 0) is 9.53 Å².